The van der Waals surface area contributed by atoms with Gasteiger partial charge in [-0.25, -0.2) is 9.59 Å². The Balaban J connectivity index is 2.27. The van der Waals surface area contributed by atoms with Gasteiger partial charge in [0.05, 0.1) is 12.2 Å². The molecule has 1 aliphatic rings. The van der Waals surface area contributed by atoms with Gasteiger partial charge in [-0.1, -0.05) is 0 Å². The molecule has 0 radical (unpaired) electrons. The number of hydrogen-bond donors (Lipinski definition) is 1. The Labute approximate surface area is 121 Å². The minimum atomic E-state index is -1.22. The smallest absolute Gasteiger partial charge is 0.338 e. The summed E-state index contributed by atoms with van der Waals surface area (Å²) in [7, 11) is 0. The van der Waals surface area contributed by atoms with Crippen LogP contribution in [0.15, 0.2) is 18.3 Å². The summed E-state index contributed by atoms with van der Waals surface area (Å²) >= 11 is 0. The Morgan fingerprint density at radius 2 is 2.24 bits per heavy atom. The fourth-order valence-electron chi connectivity index (χ4n) is 2.38. The van der Waals surface area contributed by atoms with E-state index in [0.717, 1.165) is 0 Å². The molecular formula is C14H16N2O5. The molecule has 7 heteroatoms. The molecule has 1 aliphatic heterocycles. The van der Waals surface area contributed by atoms with Crippen molar-refractivity contribution < 1.29 is 24.2 Å². The number of esters is 1. The lowest BCUT2D eigenvalue weighted by Crippen LogP contribution is -2.42. The van der Waals surface area contributed by atoms with E-state index in [1.165, 1.54) is 23.2 Å². The molecule has 0 aliphatic carbocycles. The number of hydrogen-bond acceptors (Lipinski definition) is 5. The second kappa shape index (κ2) is 6.34. The quantitative estimate of drug-likeness (QED) is 0.830. The van der Waals surface area contributed by atoms with Crippen molar-refractivity contribution in [2.45, 2.75) is 25.8 Å². The van der Waals surface area contributed by atoms with Crippen molar-refractivity contribution in [3.05, 3.63) is 29.6 Å². The number of rotatable bonds is 4. The van der Waals surface area contributed by atoms with Gasteiger partial charge in [0.1, 0.15) is 11.7 Å². The molecule has 0 aromatic carbocycles. The summed E-state index contributed by atoms with van der Waals surface area (Å²) in [6.07, 6.45) is 2.54. The van der Waals surface area contributed by atoms with Gasteiger partial charge in [-0.05, 0) is 31.9 Å². The number of ether oxygens (including phenoxy) is 1. The highest BCUT2D eigenvalue weighted by Crippen LogP contribution is 2.22. The van der Waals surface area contributed by atoms with Crippen LogP contribution in [-0.2, 0) is 9.53 Å². The maximum Gasteiger partial charge on any atom is 0.338 e. The van der Waals surface area contributed by atoms with Gasteiger partial charge in [-0.3, -0.25) is 9.78 Å². The molecule has 1 fully saturated rings. The van der Waals surface area contributed by atoms with Crippen LogP contribution in [0, 0.1) is 0 Å². The molecule has 1 unspecified atom stereocenters. The third kappa shape index (κ3) is 3.01. The number of carbonyl (C=O) groups is 3. The van der Waals surface area contributed by atoms with Crippen molar-refractivity contribution >= 4 is 17.8 Å². The monoisotopic (exact) mass is 292 g/mol. The van der Waals surface area contributed by atoms with Crippen LogP contribution in [0.2, 0.25) is 0 Å². The molecule has 1 amide bonds. The van der Waals surface area contributed by atoms with Gasteiger partial charge in [-0.2, -0.15) is 0 Å². The van der Waals surface area contributed by atoms with Crippen molar-refractivity contribution in [1.82, 2.24) is 9.88 Å². The summed E-state index contributed by atoms with van der Waals surface area (Å²) in [4.78, 5) is 40.7. The highest BCUT2D eigenvalue weighted by atomic mass is 16.5. The number of carbonyl (C=O) groups excluding carboxylic acids is 2. The summed E-state index contributed by atoms with van der Waals surface area (Å²) in [5, 5.41) is 9.11. The number of carboxylic acids is 1. The highest BCUT2D eigenvalue weighted by Gasteiger charge is 2.37. The van der Waals surface area contributed by atoms with E-state index in [-0.39, 0.29) is 17.9 Å². The average molecular weight is 292 g/mol. The highest BCUT2D eigenvalue weighted by molar-refractivity contribution is 6.04. The van der Waals surface area contributed by atoms with E-state index in [9.17, 15) is 14.4 Å². The maximum atomic E-state index is 12.5. The number of nitrogens with zero attached hydrogens (tertiary/aromatic N) is 2. The summed E-state index contributed by atoms with van der Waals surface area (Å²) in [6, 6.07) is 2.10. The normalized spacial score (nSPS) is 17.6. The number of amides is 1. The molecule has 1 aromatic rings. The van der Waals surface area contributed by atoms with E-state index in [2.05, 4.69) is 4.98 Å². The van der Waals surface area contributed by atoms with Crippen LogP contribution in [0.5, 0.6) is 0 Å². The van der Waals surface area contributed by atoms with E-state index in [0.29, 0.717) is 19.4 Å². The van der Waals surface area contributed by atoms with Crippen LogP contribution in [-0.4, -0.2) is 52.0 Å². The van der Waals surface area contributed by atoms with Gasteiger partial charge in [-0.15, -0.1) is 0 Å². The standard InChI is InChI=1S/C14H16N2O5/c1-2-21-14(20)10-6-4-8-16(10)12(17)11-9(13(18)19)5-3-7-15-11/h3,5,7,10H,2,4,6,8H2,1H3,(H,18,19). The van der Waals surface area contributed by atoms with Crippen molar-refractivity contribution in [2.24, 2.45) is 0 Å². The third-order valence-electron chi connectivity index (χ3n) is 3.31. The zero-order valence-electron chi connectivity index (χ0n) is 11.6. The van der Waals surface area contributed by atoms with Gasteiger partial charge in [0.25, 0.3) is 5.91 Å². The van der Waals surface area contributed by atoms with Crippen molar-refractivity contribution in [2.75, 3.05) is 13.2 Å². The van der Waals surface area contributed by atoms with Gasteiger partial charge < -0.3 is 14.7 Å². The number of aromatic nitrogens is 1. The molecule has 21 heavy (non-hydrogen) atoms. The molecule has 0 bridgehead atoms. The minimum Gasteiger partial charge on any atom is -0.478 e. The third-order valence-corrected chi connectivity index (χ3v) is 3.31. The summed E-state index contributed by atoms with van der Waals surface area (Å²) in [5.41, 5.74) is -0.321. The molecular weight excluding hydrogens is 276 g/mol. The fourth-order valence-corrected chi connectivity index (χ4v) is 2.38. The Hall–Kier alpha value is -2.44. The topological polar surface area (TPSA) is 96.8 Å². The average Bonchev–Trinajstić information content (AvgIpc) is 2.96. The zero-order chi connectivity index (χ0) is 15.4. The van der Waals surface area contributed by atoms with E-state index in [4.69, 9.17) is 9.84 Å². The number of likely N-dealkylation sites (tertiary alicyclic amines) is 1. The van der Waals surface area contributed by atoms with Crippen molar-refractivity contribution in [3.63, 3.8) is 0 Å². The molecule has 1 aromatic heterocycles. The molecule has 2 rings (SSSR count). The van der Waals surface area contributed by atoms with Crippen LogP contribution in [0.4, 0.5) is 0 Å². The van der Waals surface area contributed by atoms with Crippen LogP contribution >= 0.6 is 0 Å². The largest absolute Gasteiger partial charge is 0.478 e. The molecule has 1 atom stereocenters. The number of carboxylic acid groups (broad SMARTS) is 1. The van der Waals surface area contributed by atoms with Gasteiger partial charge in [0, 0.05) is 12.7 Å². The lowest BCUT2D eigenvalue weighted by atomic mass is 10.1. The first-order valence-corrected chi connectivity index (χ1v) is 6.72. The van der Waals surface area contributed by atoms with Gasteiger partial charge in [0.15, 0.2) is 0 Å². The first-order chi connectivity index (χ1) is 10.1. The van der Waals surface area contributed by atoms with Crippen LogP contribution in [0.1, 0.15) is 40.6 Å². The molecule has 112 valence electrons. The van der Waals surface area contributed by atoms with E-state index >= 15 is 0 Å². The zero-order valence-corrected chi connectivity index (χ0v) is 11.6. The summed E-state index contributed by atoms with van der Waals surface area (Å²) in [5.74, 6) is -2.24. The first-order valence-electron chi connectivity index (χ1n) is 6.72. The summed E-state index contributed by atoms with van der Waals surface area (Å²) < 4.78 is 4.95. The molecule has 2 heterocycles. The lowest BCUT2D eigenvalue weighted by molar-refractivity contribution is -0.147. The summed E-state index contributed by atoms with van der Waals surface area (Å²) in [6.45, 7) is 2.32. The van der Waals surface area contributed by atoms with Crippen LogP contribution in [0.3, 0.4) is 0 Å². The minimum absolute atomic E-state index is 0.152. The molecule has 7 nitrogen and oxygen atoms in total. The molecule has 0 spiro atoms. The van der Waals surface area contributed by atoms with Gasteiger partial charge >= 0.3 is 11.9 Å². The number of aromatic carboxylic acids is 1. The molecule has 1 saturated heterocycles. The SMILES string of the molecule is CCOC(=O)C1CCCN1C(=O)c1ncccc1C(=O)O. The Morgan fingerprint density at radius 3 is 2.90 bits per heavy atom. The molecule has 1 N–H and O–H groups in total. The number of pyridine rings is 1. The van der Waals surface area contributed by atoms with E-state index in [1.807, 2.05) is 0 Å². The Kier molecular flexibility index (Phi) is 4.52. The van der Waals surface area contributed by atoms with E-state index < -0.39 is 23.9 Å². The Morgan fingerprint density at radius 1 is 1.48 bits per heavy atom. The van der Waals surface area contributed by atoms with Gasteiger partial charge in [0.2, 0.25) is 0 Å². The second-order valence-corrected chi connectivity index (χ2v) is 4.61. The predicted molar refractivity (Wildman–Crippen MR) is 71.9 cm³/mol. The van der Waals surface area contributed by atoms with E-state index in [1.54, 1.807) is 6.92 Å². The maximum absolute atomic E-state index is 12.5. The fraction of sp³-hybridized carbons (Fsp3) is 0.429. The van der Waals surface area contributed by atoms with Crippen LogP contribution < -0.4 is 0 Å². The predicted octanol–water partition coefficient (Wildman–Crippen LogP) is 0.947. The van der Waals surface area contributed by atoms with Crippen molar-refractivity contribution in [1.29, 1.82) is 0 Å². The first kappa shape index (κ1) is 15.0. The van der Waals surface area contributed by atoms with Crippen molar-refractivity contribution in [3.8, 4) is 0 Å². The lowest BCUT2D eigenvalue weighted by Gasteiger charge is -2.23. The second-order valence-electron chi connectivity index (χ2n) is 4.61. The van der Waals surface area contributed by atoms with Crippen LogP contribution in [0.25, 0.3) is 0 Å². The Bertz CT molecular complexity index is 572. The molecule has 0 saturated carbocycles.